The maximum atomic E-state index is 11.7. The Hall–Kier alpha value is -3.48. The fourth-order valence-electron chi connectivity index (χ4n) is 1.78. The molecule has 0 saturated carbocycles. The summed E-state index contributed by atoms with van der Waals surface area (Å²) < 4.78 is 5.36. The van der Waals surface area contributed by atoms with E-state index in [1.54, 1.807) is 54.7 Å². The molecule has 0 aliphatic carbocycles. The molecular formula is C18H18N4O3. The van der Waals surface area contributed by atoms with Gasteiger partial charge in [-0.3, -0.25) is 14.6 Å². The van der Waals surface area contributed by atoms with Gasteiger partial charge < -0.3 is 10.1 Å². The number of carbonyl (C=O) groups excluding carboxylic acids is 2. The molecule has 2 amide bonds. The van der Waals surface area contributed by atoms with Crippen LogP contribution in [0.15, 0.2) is 66.4 Å². The standard InChI is InChI=1S/C18H18N4O3/c1-2-11-25-16-8-6-14(7-9-16)12-21-22-18(24)17(23)20-13-15-5-3-4-10-19-15/h2-10,12H,1,11,13H2,(H,20,23)(H,22,24). The van der Waals surface area contributed by atoms with Gasteiger partial charge in [0.05, 0.1) is 18.5 Å². The minimum atomic E-state index is -0.849. The number of hydrogen-bond donors (Lipinski definition) is 2. The maximum absolute atomic E-state index is 11.7. The molecule has 7 heteroatoms. The first kappa shape index (κ1) is 17.9. The zero-order valence-corrected chi connectivity index (χ0v) is 13.5. The van der Waals surface area contributed by atoms with Gasteiger partial charge in [0, 0.05) is 6.20 Å². The third kappa shape index (κ3) is 6.26. The lowest BCUT2D eigenvalue weighted by Gasteiger charge is -2.03. The highest BCUT2D eigenvalue weighted by atomic mass is 16.5. The predicted molar refractivity (Wildman–Crippen MR) is 94.0 cm³/mol. The van der Waals surface area contributed by atoms with E-state index in [1.807, 2.05) is 0 Å². The lowest BCUT2D eigenvalue weighted by molar-refractivity contribution is -0.139. The van der Waals surface area contributed by atoms with Gasteiger partial charge in [0.2, 0.25) is 0 Å². The number of hydrogen-bond acceptors (Lipinski definition) is 5. The first-order valence-electron chi connectivity index (χ1n) is 7.54. The average molecular weight is 338 g/mol. The van der Waals surface area contributed by atoms with E-state index in [2.05, 4.69) is 27.4 Å². The molecule has 7 nitrogen and oxygen atoms in total. The molecule has 0 spiro atoms. The Morgan fingerprint density at radius 1 is 1.16 bits per heavy atom. The number of carbonyl (C=O) groups is 2. The Bertz CT molecular complexity index is 743. The molecule has 0 radical (unpaired) electrons. The van der Waals surface area contributed by atoms with Gasteiger partial charge in [-0.2, -0.15) is 5.10 Å². The van der Waals surface area contributed by atoms with E-state index < -0.39 is 11.8 Å². The van der Waals surface area contributed by atoms with Crippen molar-refractivity contribution in [1.29, 1.82) is 0 Å². The number of nitrogens with zero attached hydrogens (tertiary/aromatic N) is 2. The summed E-state index contributed by atoms with van der Waals surface area (Å²) in [6.07, 6.45) is 4.70. The van der Waals surface area contributed by atoms with Crippen molar-refractivity contribution >= 4 is 18.0 Å². The number of nitrogens with one attached hydrogen (secondary N) is 2. The second kappa shape index (κ2) is 9.61. The van der Waals surface area contributed by atoms with Crippen molar-refractivity contribution in [3.63, 3.8) is 0 Å². The summed E-state index contributed by atoms with van der Waals surface area (Å²) in [5, 5.41) is 6.21. The summed E-state index contributed by atoms with van der Waals surface area (Å²) in [6, 6.07) is 12.4. The molecule has 2 rings (SSSR count). The summed E-state index contributed by atoms with van der Waals surface area (Å²) in [4.78, 5) is 27.3. The van der Waals surface area contributed by atoms with Gasteiger partial charge in [-0.05, 0) is 42.0 Å². The molecule has 0 unspecified atom stereocenters. The van der Waals surface area contributed by atoms with Gasteiger partial charge in [0.1, 0.15) is 12.4 Å². The van der Waals surface area contributed by atoms with Gasteiger partial charge in [-0.15, -0.1) is 0 Å². The second-order valence-corrected chi connectivity index (χ2v) is 4.87. The highest BCUT2D eigenvalue weighted by molar-refractivity contribution is 6.35. The molecule has 0 aliphatic heterocycles. The van der Waals surface area contributed by atoms with Crippen LogP contribution in [0.25, 0.3) is 0 Å². The number of aromatic nitrogens is 1. The van der Waals surface area contributed by atoms with Crippen LogP contribution in [-0.2, 0) is 16.1 Å². The predicted octanol–water partition coefficient (Wildman–Crippen LogP) is 1.41. The quantitative estimate of drug-likeness (QED) is 0.345. The van der Waals surface area contributed by atoms with Crippen LogP contribution >= 0.6 is 0 Å². The molecule has 1 heterocycles. The van der Waals surface area contributed by atoms with E-state index in [9.17, 15) is 9.59 Å². The van der Waals surface area contributed by atoms with E-state index in [0.717, 1.165) is 5.56 Å². The van der Waals surface area contributed by atoms with Crippen molar-refractivity contribution in [3.05, 3.63) is 72.6 Å². The first-order valence-corrected chi connectivity index (χ1v) is 7.54. The highest BCUT2D eigenvalue weighted by Gasteiger charge is 2.11. The molecule has 1 aromatic carbocycles. The minimum absolute atomic E-state index is 0.170. The largest absolute Gasteiger partial charge is 0.490 e. The normalized spacial score (nSPS) is 10.2. The zero-order chi connectivity index (χ0) is 17.9. The summed E-state index contributed by atoms with van der Waals surface area (Å²) >= 11 is 0. The molecule has 0 fully saturated rings. The van der Waals surface area contributed by atoms with Gasteiger partial charge in [0.15, 0.2) is 0 Å². The number of amides is 2. The smallest absolute Gasteiger partial charge is 0.329 e. The topological polar surface area (TPSA) is 92.7 Å². The minimum Gasteiger partial charge on any atom is -0.490 e. The van der Waals surface area contributed by atoms with Crippen LogP contribution in [0.4, 0.5) is 0 Å². The van der Waals surface area contributed by atoms with Crippen molar-refractivity contribution in [3.8, 4) is 5.75 Å². The lowest BCUT2D eigenvalue weighted by atomic mass is 10.2. The van der Waals surface area contributed by atoms with Crippen molar-refractivity contribution in [1.82, 2.24) is 15.7 Å². The summed E-state index contributed by atoms with van der Waals surface area (Å²) in [5.74, 6) is -0.927. The maximum Gasteiger partial charge on any atom is 0.329 e. The molecule has 2 aromatic rings. The Balaban J connectivity index is 1.77. The van der Waals surface area contributed by atoms with Gasteiger partial charge in [-0.25, -0.2) is 5.43 Å². The Kier molecular flexibility index (Phi) is 6.87. The third-order valence-electron chi connectivity index (χ3n) is 2.99. The molecule has 2 N–H and O–H groups in total. The molecule has 1 aromatic heterocycles. The molecule has 25 heavy (non-hydrogen) atoms. The number of hydrazone groups is 1. The van der Waals surface area contributed by atoms with E-state index in [-0.39, 0.29) is 6.54 Å². The molecule has 0 bridgehead atoms. The van der Waals surface area contributed by atoms with Crippen LogP contribution in [0.2, 0.25) is 0 Å². The van der Waals surface area contributed by atoms with Gasteiger partial charge in [-0.1, -0.05) is 18.7 Å². The Morgan fingerprint density at radius 2 is 1.96 bits per heavy atom. The molecule has 0 aliphatic rings. The van der Waals surface area contributed by atoms with Crippen LogP contribution in [0.5, 0.6) is 5.75 Å². The van der Waals surface area contributed by atoms with Crippen LogP contribution in [0, 0.1) is 0 Å². The molecule has 0 atom stereocenters. The summed E-state index contributed by atoms with van der Waals surface area (Å²) in [5.41, 5.74) is 3.58. The lowest BCUT2D eigenvalue weighted by Crippen LogP contribution is -2.37. The fourth-order valence-corrected chi connectivity index (χ4v) is 1.78. The summed E-state index contributed by atoms with van der Waals surface area (Å²) in [6.45, 7) is 4.17. The van der Waals surface area contributed by atoms with E-state index >= 15 is 0 Å². The number of pyridine rings is 1. The molecular weight excluding hydrogens is 320 g/mol. The zero-order valence-electron chi connectivity index (χ0n) is 13.5. The Morgan fingerprint density at radius 3 is 2.64 bits per heavy atom. The average Bonchev–Trinajstić information content (AvgIpc) is 2.66. The number of benzene rings is 1. The van der Waals surface area contributed by atoms with Crippen LogP contribution in [0.3, 0.4) is 0 Å². The van der Waals surface area contributed by atoms with Crippen molar-refractivity contribution in [2.24, 2.45) is 5.10 Å². The van der Waals surface area contributed by atoms with Crippen LogP contribution in [0.1, 0.15) is 11.3 Å². The van der Waals surface area contributed by atoms with Gasteiger partial charge in [0.25, 0.3) is 0 Å². The van der Waals surface area contributed by atoms with Crippen molar-refractivity contribution < 1.29 is 14.3 Å². The van der Waals surface area contributed by atoms with Crippen LogP contribution < -0.4 is 15.5 Å². The number of rotatable bonds is 7. The first-order chi connectivity index (χ1) is 12.2. The van der Waals surface area contributed by atoms with E-state index in [0.29, 0.717) is 18.1 Å². The SMILES string of the molecule is C=CCOc1ccc(C=NNC(=O)C(=O)NCc2ccccn2)cc1. The Labute approximate surface area is 145 Å². The highest BCUT2D eigenvalue weighted by Crippen LogP contribution is 2.10. The molecule has 0 saturated heterocycles. The monoisotopic (exact) mass is 338 g/mol. The fraction of sp³-hybridized carbons (Fsp3) is 0.111. The third-order valence-corrected chi connectivity index (χ3v) is 2.99. The summed E-state index contributed by atoms with van der Waals surface area (Å²) in [7, 11) is 0. The van der Waals surface area contributed by atoms with Gasteiger partial charge >= 0.3 is 11.8 Å². The van der Waals surface area contributed by atoms with E-state index in [1.165, 1.54) is 6.21 Å². The molecule has 128 valence electrons. The van der Waals surface area contributed by atoms with Crippen LogP contribution in [-0.4, -0.2) is 29.6 Å². The number of ether oxygens (including phenoxy) is 1. The van der Waals surface area contributed by atoms with Crippen molar-refractivity contribution in [2.45, 2.75) is 6.54 Å². The van der Waals surface area contributed by atoms with Crippen molar-refractivity contribution in [2.75, 3.05) is 6.61 Å². The second-order valence-electron chi connectivity index (χ2n) is 4.87. The van der Waals surface area contributed by atoms with E-state index in [4.69, 9.17) is 4.74 Å².